The highest BCUT2D eigenvalue weighted by Gasteiger charge is 2.63. The van der Waals surface area contributed by atoms with Crippen LogP contribution in [-0.2, 0) is 9.59 Å². The van der Waals surface area contributed by atoms with Gasteiger partial charge in [0.1, 0.15) is 0 Å². The maximum atomic E-state index is 13.4. The number of likely N-dealkylation sites (tertiary alicyclic amines) is 1. The third-order valence-corrected chi connectivity index (χ3v) is 6.44. The van der Waals surface area contributed by atoms with Crippen LogP contribution >= 0.6 is 0 Å². The summed E-state index contributed by atoms with van der Waals surface area (Å²) in [4.78, 5) is 28.1. The second-order valence-corrected chi connectivity index (χ2v) is 8.25. The van der Waals surface area contributed by atoms with Crippen LogP contribution in [0.1, 0.15) is 47.9 Å². The van der Waals surface area contributed by atoms with Crippen molar-refractivity contribution in [2.24, 2.45) is 11.8 Å². The molecule has 1 saturated heterocycles. The van der Waals surface area contributed by atoms with Gasteiger partial charge in [-0.2, -0.15) is 0 Å². The Labute approximate surface area is 152 Å². The summed E-state index contributed by atoms with van der Waals surface area (Å²) in [6, 6.07) is 16.4. The molecule has 2 atom stereocenters. The number of imide groups is 1. The maximum Gasteiger partial charge on any atom is 0.234 e. The third kappa shape index (κ3) is 1.73. The molecule has 1 aliphatic heterocycles. The first-order chi connectivity index (χ1) is 12.5. The number of amides is 2. The lowest BCUT2D eigenvalue weighted by molar-refractivity contribution is -0.147. The van der Waals surface area contributed by atoms with Crippen molar-refractivity contribution >= 4 is 11.8 Å². The highest BCUT2D eigenvalue weighted by molar-refractivity contribution is 6.08. The molecule has 1 N–H and O–H groups in total. The summed E-state index contributed by atoms with van der Waals surface area (Å²) in [5, 5.41) is 9.77. The van der Waals surface area contributed by atoms with Crippen LogP contribution in [0.2, 0.25) is 0 Å². The Morgan fingerprint density at radius 3 is 1.46 bits per heavy atom. The number of carbonyl (C=O) groups excluding carboxylic acids is 2. The molecule has 132 valence electrons. The van der Waals surface area contributed by atoms with Crippen molar-refractivity contribution in [2.75, 3.05) is 6.61 Å². The first kappa shape index (κ1) is 15.8. The van der Waals surface area contributed by atoms with E-state index in [4.69, 9.17) is 0 Å². The molecule has 26 heavy (non-hydrogen) atoms. The number of aliphatic hydroxyl groups excluding tert-OH is 1. The predicted molar refractivity (Wildman–Crippen MR) is 96.6 cm³/mol. The van der Waals surface area contributed by atoms with E-state index in [-0.39, 0.29) is 42.1 Å². The quantitative estimate of drug-likeness (QED) is 0.850. The van der Waals surface area contributed by atoms with Crippen molar-refractivity contribution < 1.29 is 14.7 Å². The smallest absolute Gasteiger partial charge is 0.234 e. The lowest BCUT2D eigenvalue weighted by Gasteiger charge is -2.45. The minimum Gasteiger partial charge on any atom is -0.394 e. The third-order valence-electron chi connectivity index (χ3n) is 6.44. The first-order valence-corrected chi connectivity index (χ1v) is 9.14. The number of hydrogen-bond acceptors (Lipinski definition) is 3. The van der Waals surface area contributed by atoms with Crippen LogP contribution in [0.15, 0.2) is 48.5 Å². The van der Waals surface area contributed by atoms with Crippen molar-refractivity contribution in [3.63, 3.8) is 0 Å². The number of rotatable bonds is 2. The lowest BCUT2D eigenvalue weighted by Crippen LogP contribution is -2.50. The molecule has 3 aliphatic carbocycles. The fourth-order valence-electron chi connectivity index (χ4n) is 5.34. The SMILES string of the molecule is CC(C)(CO)N1C(=O)C2C3c4ccccc4C(c4ccccc43)C2C1=O. The van der Waals surface area contributed by atoms with E-state index < -0.39 is 5.54 Å². The zero-order valence-electron chi connectivity index (χ0n) is 14.8. The fourth-order valence-corrected chi connectivity index (χ4v) is 5.34. The van der Waals surface area contributed by atoms with Crippen molar-refractivity contribution in [1.82, 2.24) is 4.90 Å². The molecule has 0 aromatic heterocycles. The van der Waals surface area contributed by atoms with Gasteiger partial charge in [-0.15, -0.1) is 0 Å². The normalized spacial score (nSPS) is 28.8. The molecule has 0 radical (unpaired) electrons. The van der Waals surface area contributed by atoms with Crippen molar-refractivity contribution in [1.29, 1.82) is 0 Å². The van der Waals surface area contributed by atoms with Crippen LogP contribution in [-0.4, -0.2) is 34.0 Å². The average Bonchev–Trinajstić information content (AvgIpc) is 2.93. The lowest BCUT2D eigenvalue weighted by atomic mass is 9.55. The van der Waals surface area contributed by atoms with E-state index in [2.05, 4.69) is 24.3 Å². The van der Waals surface area contributed by atoms with Crippen molar-refractivity contribution in [3.05, 3.63) is 70.8 Å². The van der Waals surface area contributed by atoms with Gasteiger partial charge in [0.2, 0.25) is 11.8 Å². The van der Waals surface area contributed by atoms with Gasteiger partial charge in [0.05, 0.1) is 24.0 Å². The standard InChI is InChI=1S/C22H21NO3/c1-22(2,11-24)23-20(25)18-16-12-7-3-4-8-13(12)17(19(18)21(23)26)15-10-6-5-9-14(15)16/h3-10,16-19,24H,11H2,1-2H3. The van der Waals surface area contributed by atoms with Gasteiger partial charge in [0.25, 0.3) is 0 Å². The zero-order valence-corrected chi connectivity index (χ0v) is 14.8. The highest BCUT2D eigenvalue weighted by atomic mass is 16.3. The molecular formula is C22H21NO3. The Morgan fingerprint density at radius 1 is 0.808 bits per heavy atom. The van der Waals surface area contributed by atoms with Crippen LogP contribution in [0.4, 0.5) is 0 Å². The number of carbonyl (C=O) groups is 2. The highest BCUT2D eigenvalue weighted by Crippen LogP contribution is 2.61. The van der Waals surface area contributed by atoms with E-state index in [1.165, 1.54) is 27.2 Å². The molecule has 4 nitrogen and oxygen atoms in total. The summed E-state index contributed by atoms with van der Waals surface area (Å²) in [6.45, 7) is 3.27. The van der Waals surface area contributed by atoms with E-state index >= 15 is 0 Å². The van der Waals surface area contributed by atoms with Gasteiger partial charge in [0.15, 0.2) is 0 Å². The Morgan fingerprint density at radius 2 is 1.15 bits per heavy atom. The molecule has 2 aromatic rings. The average molecular weight is 347 g/mol. The second kappa shape index (κ2) is 5.04. The Bertz CT molecular complexity index is 832. The van der Waals surface area contributed by atoms with E-state index in [0.29, 0.717) is 0 Å². The van der Waals surface area contributed by atoms with Gasteiger partial charge in [-0.05, 0) is 36.1 Å². The molecule has 2 amide bonds. The molecule has 2 aromatic carbocycles. The molecule has 2 bridgehead atoms. The van der Waals surface area contributed by atoms with Gasteiger partial charge in [-0.3, -0.25) is 14.5 Å². The molecule has 0 spiro atoms. The van der Waals surface area contributed by atoms with E-state index in [0.717, 1.165) is 0 Å². The minimum absolute atomic E-state index is 0.0895. The molecule has 2 unspecified atom stereocenters. The van der Waals surface area contributed by atoms with Crippen LogP contribution in [0, 0.1) is 11.8 Å². The molecule has 1 fully saturated rings. The van der Waals surface area contributed by atoms with Crippen molar-refractivity contribution in [2.45, 2.75) is 31.2 Å². The summed E-state index contributed by atoms with van der Waals surface area (Å²) in [5.74, 6) is -1.20. The van der Waals surface area contributed by atoms with Gasteiger partial charge in [-0.25, -0.2) is 0 Å². The topological polar surface area (TPSA) is 57.6 Å². The maximum absolute atomic E-state index is 13.4. The van der Waals surface area contributed by atoms with Crippen LogP contribution in [0.5, 0.6) is 0 Å². The number of benzene rings is 2. The molecule has 0 saturated carbocycles. The number of aliphatic hydroxyl groups is 1. The first-order valence-electron chi connectivity index (χ1n) is 9.14. The van der Waals surface area contributed by atoms with Gasteiger partial charge < -0.3 is 5.11 Å². The summed E-state index contributed by atoms with van der Waals surface area (Å²) in [6.07, 6.45) is 0. The largest absolute Gasteiger partial charge is 0.394 e. The van der Waals surface area contributed by atoms with Crippen molar-refractivity contribution in [3.8, 4) is 0 Å². The Balaban J connectivity index is 1.76. The van der Waals surface area contributed by atoms with Gasteiger partial charge >= 0.3 is 0 Å². The summed E-state index contributed by atoms with van der Waals surface area (Å²) in [5.41, 5.74) is 3.79. The summed E-state index contributed by atoms with van der Waals surface area (Å²) in [7, 11) is 0. The van der Waals surface area contributed by atoms with Crippen LogP contribution in [0.3, 0.4) is 0 Å². The minimum atomic E-state index is -0.886. The Kier molecular flexibility index (Phi) is 3.06. The molecular weight excluding hydrogens is 326 g/mol. The molecule has 4 aliphatic rings. The van der Waals surface area contributed by atoms with E-state index in [9.17, 15) is 14.7 Å². The predicted octanol–water partition coefficient (Wildman–Crippen LogP) is 2.65. The zero-order chi connectivity index (χ0) is 18.2. The van der Waals surface area contributed by atoms with Crippen LogP contribution < -0.4 is 0 Å². The summed E-state index contributed by atoms with van der Waals surface area (Å²) >= 11 is 0. The van der Waals surface area contributed by atoms with E-state index in [1.807, 2.05) is 24.3 Å². The molecule has 4 heteroatoms. The number of nitrogens with zero attached hydrogens (tertiary/aromatic N) is 1. The summed E-state index contributed by atoms with van der Waals surface area (Å²) < 4.78 is 0. The van der Waals surface area contributed by atoms with Crippen LogP contribution in [0.25, 0.3) is 0 Å². The molecule has 1 heterocycles. The molecule has 6 rings (SSSR count). The Hall–Kier alpha value is -2.46. The number of hydrogen-bond donors (Lipinski definition) is 1. The monoisotopic (exact) mass is 347 g/mol. The second-order valence-electron chi connectivity index (χ2n) is 8.25. The van der Waals surface area contributed by atoms with E-state index in [1.54, 1.807) is 13.8 Å². The fraction of sp³-hybridized carbons (Fsp3) is 0.364. The van der Waals surface area contributed by atoms with Gasteiger partial charge in [0, 0.05) is 11.8 Å². The van der Waals surface area contributed by atoms with Gasteiger partial charge in [-0.1, -0.05) is 48.5 Å².